The Bertz CT molecular complexity index is 1010. The van der Waals surface area contributed by atoms with Gasteiger partial charge in [0.05, 0.1) is 17.8 Å². The number of carbonyl (C=O) groups excluding carboxylic acids is 2. The Morgan fingerprint density at radius 2 is 1.94 bits per heavy atom. The highest BCUT2D eigenvalue weighted by Gasteiger charge is 2.17. The van der Waals surface area contributed by atoms with Crippen molar-refractivity contribution >= 4 is 36.7 Å². The van der Waals surface area contributed by atoms with E-state index in [1.807, 2.05) is 61.9 Å². The van der Waals surface area contributed by atoms with Gasteiger partial charge in [-0.2, -0.15) is 0 Å². The second-order valence-electron chi connectivity index (χ2n) is 8.81. The molecule has 2 rings (SSSR count). The van der Waals surface area contributed by atoms with Crippen molar-refractivity contribution in [1.82, 2.24) is 15.2 Å². The summed E-state index contributed by atoms with van der Waals surface area (Å²) in [6, 6.07) is 9.20. The molecule has 2 radical (unpaired) electrons. The van der Waals surface area contributed by atoms with E-state index < -0.39 is 0 Å². The summed E-state index contributed by atoms with van der Waals surface area (Å²) in [7, 11) is 5.90. The molecule has 1 atom stereocenters. The maximum Gasteiger partial charge on any atom is 0.253 e. The third-order valence-corrected chi connectivity index (χ3v) is 5.18. The van der Waals surface area contributed by atoms with Crippen molar-refractivity contribution in [2.24, 2.45) is 10.9 Å². The number of hydrogen-bond acceptors (Lipinski definition) is 3. The third kappa shape index (κ3) is 6.97. The highest BCUT2D eigenvalue weighted by molar-refractivity contribution is 6.32. The second-order valence-corrected chi connectivity index (χ2v) is 8.81. The van der Waals surface area contributed by atoms with Gasteiger partial charge in [-0.25, -0.2) is 4.99 Å². The molecular weight excluding hydrogens is 399 g/mol. The SMILES string of the molecule is [B]c1cccc(/C(=C/C)N=C(NC(=O)CNC(=O)c2ccn(C(C)(C)C)c2)C(C)CC)c1. The van der Waals surface area contributed by atoms with Crippen LogP contribution < -0.4 is 16.1 Å². The summed E-state index contributed by atoms with van der Waals surface area (Å²) in [4.78, 5) is 29.7. The molecule has 0 aliphatic heterocycles. The maximum absolute atomic E-state index is 12.6. The molecule has 0 fully saturated rings. The monoisotopic (exact) mass is 432 g/mol. The van der Waals surface area contributed by atoms with Crippen LogP contribution in [0.5, 0.6) is 0 Å². The highest BCUT2D eigenvalue weighted by Crippen LogP contribution is 2.17. The summed E-state index contributed by atoms with van der Waals surface area (Å²) in [5.74, 6) is -0.0256. The summed E-state index contributed by atoms with van der Waals surface area (Å²) in [6.07, 6.45) is 6.32. The van der Waals surface area contributed by atoms with E-state index in [2.05, 4.69) is 31.4 Å². The van der Waals surface area contributed by atoms with Crippen LogP contribution in [0.15, 0.2) is 53.8 Å². The molecule has 1 aromatic heterocycles. The van der Waals surface area contributed by atoms with Gasteiger partial charge in [-0.3, -0.25) is 9.59 Å². The summed E-state index contributed by atoms with van der Waals surface area (Å²) >= 11 is 0. The summed E-state index contributed by atoms with van der Waals surface area (Å²) in [6.45, 7) is 12.0. The van der Waals surface area contributed by atoms with Crippen molar-refractivity contribution in [3.63, 3.8) is 0 Å². The van der Waals surface area contributed by atoms with Crippen molar-refractivity contribution in [3.8, 4) is 0 Å². The second kappa shape index (κ2) is 11.0. The molecule has 2 amide bonds. The summed E-state index contributed by atoms with van der Waals surface area (Å²) in [5, 5.41) is 5.55. The van der Waals surface area contributed by atoms with Gasteiger partial charge in [0, 0.05) is 23.9 Å². The lowest BCUT2D eigenvalue weighted by Crippen LogP contribution is -2.41. The van der Waals surface area contributed by atoms with Crippen LogP contribution in [0, 0.1) is 5.92 Å². The average Bonchev–Trinajstić information content (AvgIpc) is 3.25. The Morgan fingerprint density at radius 3 is 2.50 bits per heavy atom. The molecule has 0 saturated carbocycles. The first-order chi connectivity index (χ1) is 15.0. The predicted molar refractivity (Wildman–Crippen MR) is 132 cm³/mol. The minimum absolute atomic E-state index is 0.0338. The first kappa shape index (κ1) is 25.2. The molecular formula is C25H33BN4O2. The Morgan fingerprint density at radius 1 is 1.22 bits per heavy atom. The van der Waals surface area contributed by atoms with Gasteiger partial charge in [-0.15, -0.1) is 0 Å². The van der Waals surface area contributed by atoms with E-state index in [4.69, 9.17) is 12.8 Å². The summed E-state index contributed by atoms with van der Waals surface area (Å²) < 4.78 is 1.96. The third-order valence-electron chi connectivity index (χ3n) is 5.18. The fraction of sp³-hybridized carbons (Fsp3) is 0.400. The zero-order valence-electron chi connectivity index (χ0n) is 19.9. The van der Waals surface area contributed by atoms with Crippen molar-refractivity contribution in [2.45, 2.75) is 53.5 Å². The minimum Gasteiger partial charge on any atom is -0.348 e. The molecule has 168 valence electrons. The molecule has 0 aliphatic rings. The number of rotatable bonds is 7. The van der Waals surface area contributed by atoms with E-state index in [-0.39, 0.29) is 29.8 Å². The van der Waals surface area contributed by atoms with Gasteiger partial charge in [0.2, 0.25) is 5.91 Å². The van der Waals surface area contributed by atoms with E-state index in [1.165, 1.54) is 0 Å². The number of aliphatic imine (C=N–C) groups is 1. The predicted octanol–water partition coefficient (Wildman–Crippen LogP) is 3.39. The number of nitrogens with zero attached hydrogens (tertiary/aromatic N) is 2. The molecule has 0 aliphatic carbocycles. The van der Waals surface area contributed by atoms with Gasteiger partial charge < -0.3 is 15.2 Å². The lowest BCUT2D eigenvalue weighted by Gasteiger charge is -2.20. The van der Waals surface area contributed by atoms with Gasteiger partial charge in [-0.1, -0.05) is 49.7 Å². The Balaban J connectivity index is 2.08. The number of hydrogen-bond donors (Lipinski definition) is 2. The molecule has 32 heavy (non-hydrogen) atoms. The number of allylic oxidation sites excluding steroid dienone is 1. The van der Waals surface area contributed by atoms with Gasteiger partial charge >= 0.3 is 0 Å². The van der Waals surface area contributed by atoms with Crippen molar-refractivity contribution < 1.29 is 9.59 Å². The smallest absolute Gasteiger partial charge is 0.253 e. The quantitative estimate of drug-likeness (QED) is 0.400. The molecule has 0 bridgehead atoms. The number of benzene rings is 1. The number of nitrogens with one attached hydrogen (secondary N) is 2. The van der Waals surface area contributed by atoms with Crippen LogP contribution in [-0.2, 0) is 10.3 Å². The van der Waals surface area contributed by atoms with Crippen LogP contribution in [0.2, 0.25) is 0 Å². The maximum atomic E-state index is 12.6. The van der Waals surface area contributed by atoms with Gasteiger partial charge in [0.15, 0.2) is 0 Å². The first-order valence-corrected chi connectivity index (χ1v) is 10.9. The standard InChI is InChI=1S/C25H33BN4O2/c1-7-17(3)23(28-21(8-2)18-10-9-11-20(26)14-18)29-22(31)15-27-24(32)19-12-13-30(16-19)25(4,5)6/h8-14,16-17H,7,15H2,1-6H3,(H,27,32)(H,28,29,31)/b21-8-. The lowest BCUT2D eigenvalue weighted by molar-refractivity contribution is -0.118. The minimum atomic E-state index is -0.323. The molecule has 6 nitrogen and oxygen atoms in total. The van der Waals surface area contributed by atoms with Gasteiger partial charge in [0.1, 0.15) is 13.7 Å². The molecule has 1 unspecified atom stereocenters. The zero-order chi connectivity index (χ0) is 23.9. The number of amides is 2. The molecule has 1 aromatic carbocycles. The van der Waals surface area contributed by atoms with Crippen LogP contribution in [0.25, 0.3) is 5.70 Å². The topological polar surface area (TPSA) is 75.5 Å². The van der Waals surface area contributed by atoms with Crippen molar-refractivity contribution in [1.29, 1.82) is 0 Å². The lowest BCUT2D eigenvalue weighted by atomic mass is 9.93. The van der Waals surface area contributed by atoms with Crippen molar-refractivity contribution in [3.05, 3.63) is 59.9 Å². The van der Waals surface area contributed by atoms with E-state index in [0.717, 1.165) is 17.7 Å². The van der Waals surface area contributed by atoms with E-state index >= 15 is 0 Å². The van der Waals surface area contributed by atoms with Crippen LogP contribution in [0.1, 0.15) is 63.9 Å². The fourth-order valence-electron chi connectivity index (χ4n) is 2.98. The summed E-state index contributed by atoms with van der Waals surface area (Å²) in [5.41, 5.74) is 2.64. The van der Waals surface area contributed by atoms with E-state index in [9.17, 15) is 9.59 Å². The molecule has 0 spiro atoms. The number of aromatic nitrogens is 1. The zero-order valence-corrected chi connectivity index (χ0v) is 19.9. The van der Waals surface area contributed by atoms with Crippen LogP contribution >= 0.6 is 0 Å². The number of carbonyl (C=O) groups is 2. The normalized spacial score (nSPS) is 13.6. The van der Waals surface area contributed by atoms with Gasteiger partial charge in [-0.05, 0) is 45.7 Å². The van der Waals surface area contributed by atoms with E-state index in [1.54, 1.807) is 12.3 Å². The van der Waals surface area contributed by atoms with Crippen molar-refractivity contribution in [2.75, 3.05) is 6.54 Å². The first-order valence-electron chi connectivity index (χ1n) is 10.9. The molecule has 1 heterocycles. The number of amidine groups is 1. The average molecular weight is 432 g/mol. The molecule has 0 saturated heterocycles. The Labute approximate surface area is 192 Å². The van der Waals surface area contributed by atoms with Gasteiger partial charge in [0.25, 0.3) is 5.91 Å². The van der Waals surface area contributed by atoms with E-state index in [0.29, 0.717) is 16.9 Å². The highest BCUT2D eigenvalue weighted by atomic mass is 16.2. The van der Waals surface area contributed by atoms with Crippen LogP contribution in [0.4, 0.5) is 0 Å². The Kier molecular flexibility index (Phi) is 8.64. The molecule has 2 N–H and O–H groups in total. The van der Waals surface area contributed by atoms with Crippen LogP contribution in [-0.4, -0.2) is 36.6 Å². The molecule has 7 heteroatoms. The Hall–Kier alpha value is -3.09. The fourth-order valence-corrected chi connectivity index (χ4v) is 2.98. The van der Waals surface area contributed by atoms with Crippen LogP contribution in [0.3, 0.4) is 0 Å². The molecule has 2 aromatic rings. The largest absolute Gasteiger partial charge is 0.348 e.